The quantitative estimate of drug-likeness (QED) is 0.400. The van der Waals surface area contributed by atoms with E-state index in [0.29, 0.717) is 28.9 Å². The number of hydrogen-bond donors (Lipinski definition) is 0. The number of hydrogen-bond acceptors (Lipinski definition) is 4. The summed E-state index contributed by atoms with van der Waals surface area (Å²) >= 11 is 0. The summed E-state index contributed by atoms with van der Waals surface area (Å²) in [6.45, 7) is 3.75. The Bertz CT molecular complexity index is 1040. The van der Waals surface area contributed by atoms with Crippen LogP contribution in [0, 0.1) is 19.8 Å². The zero-order valence-corrected chi connectivity index (χ0v) is 14.9. The van der Waals surface area contributed by atoms with Crippen LogP contribution in [-0.4, -0.2) is 5.97 Å². The Morgan fingerprint density at radius 2 is 1.81 bits per heavy atom. The summed E-state index contributed by atoms with van der Waals surface area (Å²) in [5, 5.41) is 0.874. The van der Waals surface area contributed by atoms with Gasteiger partial charge in [-0.1, -0.05) is 30.3 Å². The lowest BCUT2D eigenvalue weighted by molar-refractivity contribution is -0.135. The van der Waals surface area contributed by atoms with Crippen LogP contribution in [0.25, 0.3) is 11.0 Å². The highest BCUT2D eigenvalue weighted by Crippen LogP contribution is 2.34. The van der Waals surface area contributed by atoms with Crippen LogP contribution in [0.3, 0.4) is 0 Å². The smallest absolute Gasteiger partial charge is 0.340 e. The van der Waals surface area contributed by atoms with Gasteiger partial charge in [0.05, 0.1) is 5.92 Å². The molecule has 3 aromatic rings. The van der Waals surface area contributed by atoms with Crippen LogP contribution in [0.2, 0.25) is 0 Å². The van der Waals surface area contributed by atoms with Crippen molar-refractivity contribution in [3.8, 4) is 5.75 Å². The van der Waals surface area contributed by atoms with Gasteiger partial charge < -0.3 is 9.15 Å². The van der Waals surface area contributed by atoms with Crippen LogP contribution in [0.15, 0.2) is 51.7 Å². The Kier molecular flexibility index (Phi) is 4.11. The molecule has 1 heterocycles. The van der Waals surface area contributed by atoms with E-state index >= 15 is 0 Å². The van der Waals surface area contributed by atoms with Crippen LogP contribution in [0.4, 0.5) is 0 Å². The molecule has 1 aliphatic carbocycles. The summed E-state index contributed by atoms with van der Waals surface area (Å²) < 4.78 is 11.1. The Labute approximate surface area is 151 Å². The van der Waals surface area contributed by atoms with Crippen LogP contribution < -0.4 is 10.4 Å². The number of fused-ring (bicyclic) bond motifs is 1. The lowest BCUT2D eigenvalue weighted by atomic mass is 9.98. The number of rotatable bonds is 4. The van der Waals surface area contributed by atoms with Gasteiger partial charge in [0.25, 0.3) is 0 Å². The maximum absolute atomic E-state index is 12.6. The molecule has 0 saturated heterocycles. The number of carbonyl (C=O) groups is 1. The molecule has 0 aliphatic heterocycles. The molecule has 0 atom stereocenters. The molecule has 0 unspecified atom stereocenters. The maximum Gasteiger partial charge on any atom is 0.340 e. The molecule has 1 aromatic heterocycles. The predicted octanol–water partition coefficient (Wildman–Crippen LogP) is 4.32. The lowest BCUT2D eigenvalue weighted by Crippen LogP contribution is -2.13. The topological polar surface area (TPSA) is 56.5 Å². The van der Waals surface area contributed by atoms with E-state index in [4.69, 9.17) is 9.15 Å². The van der Waals surface area contributed by atoms with Crippen molar-refractivity contribution in [2.24, 2.45) is 5.92 Å². The van der Waals surface area contributed by atoms with E-state index in [2.05, 4.69) is 0 Å². The first-order valence-electron chi connectivity index (χ1n) is 8.86. The fraction of sp³-hybridized carbons (Fsp3) is 0.273. The molecule has 0 N–H and O–H groups in total. The van der Waals surface area contributed by atoms with Crippen LogP contribution in [-0.2, 0) is 11.2 Å². The minimum atomic E-state index is -0.340. The van der Waals surface area contributed by atoms with Crippen LogP contribution >= 0.6 is 0 Å². The van der Waals surface area contributed by atoms with Crippen molar-refractivity contribution in [3.05, 3.63) is 75.1 Å². The zero-order chi connectivity index (χ0) is 18.3. The van der Waals surface area contributed by atoms with E-state index in [1.807, 2.05) is 50.2 Å². The van der Waals surface area contributed by atoms with Crippen molar-refractivity contribution in [1.29, 1.82) is 0 Å². The lowest BCUT2D eigenvalue weighted by Gasteiger charge is -2.12. The summed E-state index contributed by atoms with van der Waals surface area (Å²) in [6.07, 6.45) is 2.31. The molecule has 0 radical (unpaired) electrons. The number of esters is 1. The second-order valence-electron chi connectivity index (χ2n) is 6.92. The minimum Gasteiger partial charge on any atom is -0.426 e. The Morgan fingerprint density at radius 1 is 1.08 bits per heavy atom. The first-order valence-corrected chi connectivity index (χ1v) is 8.86. The fourth-order valence-electron chi connectivity index (χ4n) is 3.20. The second-order valence-corrected chi connectivity index (χ2v) is 6.92. The van der Waals surface area contributed by atoms with E-state index in [9.17, 15) is 9.59 Å². The van der Waals surface area contributed by atoms with E-state index in [1.54, 1.807) is 6.07 Å². The molecule has 1 saturated carbocycles. The van der Waals surface area contributed by atoms with Gasteiger partial charge >= 0.3 is 11.6 Å². The number of ether oxygens (including phenoxy) is 1. The first kappa shape index (κ1) is 16.6. The van der Waals surface area contributed by atoms with Crippen molar-refractivity contribution < 1.29 is 13.9 Å². The number of carbonyl (C=O) groups excluding carboxylic acids is 1. The third-order valence-electron chi connectivity index (χ3n) is 5.00. The highest BCUT2D eigenvalue weighted by molar-refractivity contribution is 5.87. The number of aryl methyl sites for hydroxylation is 2. The van der Waals surface area contributed by atoms with Crippen molar-refractivity contribution in [3.63, 3.8) is 0 Å². The third-order valence-corrected chi connectivity index (χ3v) is 5.00. The van der Waals surface area contributed by atoms with Gasteiger partial charge in [0.15, 0.2) is 0 Å². The second kappa shape index (κ2) is 6.45. The van der Waals surface area contributed by atoms with E-state index in [0.717, 1.165) is 29.4 Å². The molecule has 4 heteroatoms. The van der Waals surface area contributed by atoms with E-state index in [-0.39, 0.29) is 17.5 Å². The zero-order valence-electron chi connectivity index (χ0n) is 14.9. The van der Waals surface area contributed by atoms with Gasteiger partial charge in [-0.05, 0) is 49.9 Å². The molecular weight excluding hydrogens is 328 g/mol. The third kappa shape index (κ3) is 3.03. The summed E-state index contributed by atoms with van der Waals surface area (Å²) in [4.78, 5) is 24.5. The fourth-order valence-corrected chi connectivity index (χ4v) is 3.20. The molecule has 4 rings (SSSR count). The largest absolute Gasteiger partial charge is 0.426 e. The monoisotopic (exact) mass is 348 g/mol. The van der Waals surface area contributed by atoms with Crippen molar-refractivity contribution >= 4 is 16.9 Å². The highest BCUT2D eigenvalue weighted by atomic mass is 16.5. The molecule has 4 nitrogen and oxygen atoms in total. The normalized spacial score (nSPS) is 13.8. The molecule has 2 aromatic carbocycles. The first-order chi connectivity index (χ1) is 12.5. The average Bonchev–Trinajstić information content (AvgIpc) is 3.47. The van der Waals surface area contributed by atoms with E-state index < -0.39 is 0 Å². The number of benzene rings is 2. The summed E-state index contributed by atoms with van der Waals surface area (Å²) in [5.74, 6) is 0.284. The van der Waals surface area contributed by atoms with Crippen LogP contribution in [0.5, 0.6) is 5.75 Å². The van der Waals surface area contributed by atoms with Crippen molar-refractivity contribution in [2.45, 2.75) is 33.1 Å². The summed E-state index contributed by atoms with van der Waals surface area (Å²) in [6, 6.07) is 13.5. The van der Waals surface area contributed by atoms with Gasteiger partial charge in [0, 0.05) is 22.9 Å². The standard InChI is InChI=1S/C22H20O4/c1-13-17-10-11-19(25-21(23)16-8-9-16)14(2)20(17)26-22(24)18(13)12-15-6-4-3-5-7-15/h3-7,10-11,16H,8-9,12H2,1-2H3. The SMILES string of the molecule is Cc1c(Cc2ccccc2)c(=O)oc2c(C)c(OC(=O)C3CC3)ccc12. The molecule has 1 aliphatic rings. The predicted molar refractivity (Wildman–Crippen MR) is 99.6 cm³/mol. The molecule has 132 valence electrons. The summed E-state index contributed by atoms with van der Waals surface area (Å²) in [5.41, 5.74) is 3.46. The Hall–Kier alpha value is -2.88. The van der Waals surface area contributed by atoms with Crippen LogP contribution in [0.1, 0.15) is 35.1 Å². The van der Waals surface area contributed by atoms with Gasteiger partial charge in [-0.3, -0.25) is 4.79 Å². The molecule has 0 bridgehead atoms. The molecule has 26 heavy (non-hydrogen) atoms. The Balaban J connectivity index is 1.76. The van der Waals surface area contributed by atoms with Gasteiger partial charge in [-0.15, -0.1) is 0 Å². The van der Waals surface area contributed by atoms with Crippen molar-refractivity contribution in [2.75, 3.05) is 0 Å². The van der Waals surface area contributed by atoms with Gasteiger partial charge in [0.2, 0.25) is 0 Å². The molecule has 1 fully saturated rings. The highest BCUT2D eigenvalue weighted by Gasteiger charge is 2.32. The molecule has 0 spiro atoms. The molecule has 0 amide bonds. The van der Waals surface area contributed by atoms with E-state index in [1.165, 1.54) is 0 Å². The van der Waals surface area contributed by atoms with Crippen molar-refractivity contribution in [1.82, 2.24) is 0 Å². The molecular formula is C22H20O4. The minimum absolute atomic E-state index is 0.0205. The maximum atomic E-state index is 12.6. The Morgan fingerprint density at radius 3 is 2.50 bits per heavy atom. The van der Waals surface area contributed by atoms with Gasteiger partial charge in [0.1, 0.15) is 11.3 Å². The van der Waals surface area contributed by atoms with Gasteiger partial charge in [-0.25, -0.2) is 4.79 Å². The summed E-state index contributed by atoms with van der Waals surface area (Å²) in [7, 11) is 0. The van der Waals surface area contributed by atoms with Gasteiger partial charge in [-0.2, -0.15) is 0 Å². The average molecular weight is 348 g/mol.